The van der Waals surface area contributed by atoms with Crippen LogP contribution in [0.15, 0.2) is 108 Å². The predicted octanol–water partition coefficient (Wildman–Crippen LogP) is 7.83. The van der Waals surface area contributed by atoms with Gasteiger partial charge in [0.1, 0.15) is 0 Å². The summed E-state index contributed by atoms with van der Waals surface area (Å²) < 4.78 is 0. The number of pyridine rings is 3. The second-order valence-corrected chi connectivity index (χ2v) is 9.08. The number of rotatable bonds is 3. The fourth-order valence-corrected chi connectivity index (χ4v) is 4.58. The molecule has 168 valence electrons. The minimum Gasteiger partial charge on any atom is -0.319 e. The van der Waals surface area contributed by atoms with E-state index in [1.807, 2.05) is 88.9 Å². The Kier molecular flexibility index (Phi) is 11.0. The van der Waals surface area contributed by atoms with Crippen LogP contribution in [0.4, 0.5) is 0 Å². The standard InChI is InChI=1S/3C9H6NS.Ir/c3*1-2-6-10-8(4-1)9-5-3-7-11-9;/h3*1-4,6-7H;/q3*-1;+3. The topological polar surface area (TPSA) is 38.7 Å². The van der Waals surface area contributed by atoms with Crippen LogP contribution < -0.4 is 0 Å². The molecule has 0 unspecified atom stereocenters. The van der Waals surface area contributed by atoms with E-state index in [0.29, 0.717) is 0 Å². The summed E-state index contributed by atoms with van der Waals surface area (Å²) in [5, 5.41) is 6.01. The summed E-state index contributed by atoms with van der Waals surface area (Å²) in [7, 11) is 0. The van der Waals surface area contributed by atoms with E-state index >= 15 is 0 Å². The summed E-state index contributed by atoms with van der Waals surface area (Å²) in [6.45, 7) is 0. The molecule has 0 spiro atoms. The van der Waals surface area contributed by atoms with E-state index in [2.05, 4.69) is 33.2 Å². The van der Waals surface area contributed by atoms with Crippen LogP contribution in [0.1, 0.15) is 0 Å². The molecular formula is C27H18IrN3S3. The third-order valence-corrected chi connectivity index (χ3v) is 6.60. The minimum atomic E-state index is 0. The van der Waals surface area contributed by atoms with Crippen molar-refractivity contribution in [3.05, 3.63) is 126 Å². The van der Waals surface area contributed by atoms with Gasteiger partial charge in [0.05, 0.1) is 0 Å². The third kappa shape index (κ3) is 7.90. The van der Waals surface area contributed by atoms with Crippen molar-refractivity contribution in [2.24, 2.45) is 0 Å². The maximum Gasteiger partial charge on any atom is 3.00 e. The van der Waals surface area contributed by atoms with Crippen LogP contribution in [0.25, 0.3) is 31.7 Å². The van der Waals surface area contributed by atoms with Crippen LogP contribution in [0, 0.1) is 18.2 Å². The zero-order chi connectivity index (χ0) is 22.6. The molecule has 0 bridgehead atoms. The van der Waals surface area contributed by atoms with Crippen molar-refractivity contribution < 1.29 is 20.1 Å². The predicted molar refractivity (Wildman–Crippen MR) is 139 cm³/mol. The van der Waals surface area contributed by atoms with E-state index in [4.69, 9.17) is 0 Å². The van der Waals surface area contributed by atoms with Crippen molar-refractivity contribution in [1.82, 2.24) is 15.0 Å². The van der Waals surface area contributed by atoms with Crippen molar-refractivity contribution in [2.45, 2.75) is 0 Å². The molecule has 3 nitrogen and oxygen atoms in total. The van der Waals surface area contributed by atoms with Gasteiger partial charge >= 0.3 is 20.1 Å². The number of thiophene rings is 3. The van der Waals surface area contributed by atoms with Crippen LogP contribution in [0.3, 0.4) is 0 Å². The van der Waals surface area contributed by atoms with Gasteiger partial charge in [-0.25, -0.2) is 34.0 Å². The van der Waals surface area contributed by atoms with Gasteiger partial charge in [-0.15, -0.1) is 16.1 Å². The fourth-order valence-electron chi connectivity index (χ4n) is 2.63. The molecule has 0 saturated heterocycles. The minimum absolute atomic E-state index is 0. The van der Waals surface area contributed by atoms with E-state index in [-0.39, 0.29) is 20.1 Å². The van der Waals surface area contributed by atoms with E-state index in [9.17, 15) is 0 Å². The maximum absolute atomic E-state index is 4.20. The largest absolute Gasteiger partial charge is 3.00 e. The molecule has 0 aliphatic heterocycles. The number of hydrogen-bond donors (Lipinski definition) is 0. The Bertz CT molecular complexity index is 1110. The molecule has 0 aliphatic rings. The zero-order valence-corrected chi connectivity index (χ0v) is 22.6. The molecule has 0 fully saturated rings. The van der Waals surface area contributed by atoms with Gasteiger partial charge in [-0.2, -0.15) is 36.4 Å². The molecule has 6 aromatic heterocycles. The summed E-state index contributed by atoms with van der Waals surface area (Å²) in [5.41, 5.74) is 3.01. The van der Waals surface area contributed by atoms with Crippen LogP contribution in [0.2, 0.25) is 0 Å². The summed E-state index contributed by atoms with van der Waals surface area (Å²) in [5.74, 6) is 0. The molecule has 0 atom stereocenters. The van der Waals surface area contributed by atoms with Gasteiger partial charge in [-0.3, -0.25) is 0 Å². The van der Waals surface area contributed by atoms with Crippen LogP contribution in [0.5, 0.6) is 0 Å². The Morgan fingerprint density at radius 3 is 1.00 bits per heavy atom. The molecule has 6 rings (SSSR count). The van der Waals surface area contributed by atoms with Gasteiger partial charge in [0.15, 0.2) is 0 Å². The maximum atomic E-state index is 4.20. The molecule has 0 saturated carbocycles. The molecule has 0 radical (unpaired) electrons. The van der Waals surface area contributed by atoms with Gasteiger partial charge < -0.3 is 15.0 Å². The molecule has 6 aromatic rings. The SMILES string of the molecule is [Ir+3].[c-]1ccsc1-c1ccccn1.[c-]1ccsc1-c1ccccn1.[c-]1ccsc1-c1ccccn1. The third-order valence-electron chi connectivity index (χ3n) is 4.10. The van der Waals surface area contributed by atoms with Gasteiger partial charge in [0, 0.05) is 18.6 Å². The van der Waals surface area contributed by atoms with E-state index in [0.717, 1.165) is 31.7 Å². The van der Waals surface area contributed by atoms with Crippen molar-refractivity contribution in [3.8, 4) is 31.7 Å². The Morgan fingerprint density at radius 2 is 0.794 bits per heavy atom. The van der Waals surface area contributed by atoms with Crippen LogP contribution in [-0.2, 0) is 20.1 Å². The van der Waals surface area contributed by atoms with Gasteiger partial charge in [0.2, 0.25) is 0 Å². The molecule has 0 amide bonds. The van der Waals surface area contributed by atoms with Crippen molar-refractivity contribution in [3.63, 3.8) is 0 Å². The number of nitrogens with zero attached hydrogens (tertiary/aromatic N) is 3. The van der Waals surface area contributed by atoms with Crippen LogP contribution in [-0.4, -0.2) is 15.0 Å². The van der Waals surface area contributed by atoms with Gasteiger partial charge in [-0.05, 0) is 35.3 Å². The molecular weight excluding hydrogens is 655 g/mol. The Hall–Kier alpha value is -2.80. The molecule has 0 N–H and O–H groups in total. The Labute approximate surface area is 225 Å². The van der Waals surface area contributed by atoms with E-state index < -0.39 is 0 Å². The smallest absolute Gasteiger partial charge is 0.319 e. The first-order valence-electron chi connectivity index (χ1n) is 10.00. The average molecular weight is 673 g/mol. The Balaban J connectivity index is 0.000000141. The van der Waals surface area contributed by atoms with Gasteiger partial charge in [0.25, 0.3) is 0 Å². The second-order valence-electron chi connectivity index (χ2n) is 6.33. The first-order chi connectivity index (χ1) is 16.4. The Morgan fingerprint density at radius 1 is 0.471 bits per heavy atom. The number of hydrogen-bond acceptors (Lipinski definition) is 6. The monoisotopic (exact) mass is 673 g/mol. The van der Waals surface area contributed by atoms with Crippen molar-refractivity contribution in [2.75, 3.05) is 0 Å². The van der Waals surface area contributed by atoms with E-state index in [1.165, 1.54) is 0 Å². The first kappa shape index (κ1) is 25.8. The fraction of sp³-hybridized carbons (Fsp3) is 0. The molecule has 7 heteroatoms. The molecule has 0 aromatic carbocycles. The summed E-state index contributed by atoms with van der Waals surface area (Å²) in [6.07, 6.45) is 5.38. The normalized spacial score (nSPS) is 9.53. The summed E-state index contributed by atoms with van der Waals surface area (Å²) >= 11 is 4.97. The summed E-state index contributed by atoms with van der Waals surface area (Å²) in [4.78, 5) is 15.9. The van der Waals surface area contributed by atoms with Crippen molar-refractivity contribution in [1.29, 1.82) is 0 Å². The molecule has 34 heavy (non-hydrogen) atoms. The summed E-state index contributed by atoms with van der Waals surface area (Å²) in [6, 6.07) is 32.7. The molecule has 6 heterocycles. The van der Waals surface area contributed by atoms with Gasteiger partial charge in [-0.1, -0.05) is 51.0 Å². The quantitative estimate of drug-likeness (QED) is 0.180. The first-order valence-corrected chi connectivity index (χ1v) is 12.6. The second kappa shape index (κ2) is 14.5. The van der Waals surface area contributed by atoms with Crippen molar-refractivity contribution >= 4 is 34.0 Å². The zero-order valence-electron chi connectivity index (χ0n) is 17.8. The van der Waals surface area contributed by atoms with Crippen LogP contribution >= 0.6 is 34.0 Å². The number of aromatic nitrogens is 3. The van der Waals surface area contributed by atoms with E-state index in [1.54, 1.807) is 52.6 Å². The average Bonchev–Trinajstić information content (AvgIpc) is 3.70. The molecule has 0 aliphatic carbocycles.